The van der Waals surface area contributed by atoms with Crippen LogP contribution in [0.4, 0.5) is 4.39 Å². The summed E-state index contributed by atoms with van der Waals surface area (Å²) in [6.07, 6.45) is 2.58. The Hall–Kier alpha value is -2.69. The molecule has 0 aliphatic heterocycles. The maximum absolute atomic E-state index is 13.2. The van der Waals surface area contributed by atoms with Crippen molar-refractivity contribution < 1.29 is 9.13 Å². The number of nitrogens with one attached hydrogen (secondary N) is 1. The van der Waals surface area contributed by atoms with Crippen LogP contribution in [0.5, 0.6) is 5.75 Å². The molecule has 0 saturated heterocycles. The average Bonchev–Trinajstić information content (AvgIpc) is 3.25. The van der Waals surface area contributed by atoms with Crippen LogP contribution >= 0.6 is 24.0 Å². The van der Waals surface area contributed by atoms with E-state index in [1.165, 1.54) is 12.1 Å². The molecule has 0 fully saturated rings. The number of aromatic nitrogens is 3. The average molecular weight is 552 g/mol. The zero-order valence-corrected chi connectivity index (χ0v) is 21.0. The van der Waals surface area contributed by atoms with Crippen LogP contribution in [0, 0.1) is 5.82 Å². The van der Waals surface area contributed by atoms with Gasteiger partial charge in [0.2, 0.25) is 0 Å². The molecule has 9 heteroatoms. The summed E-state index contributed by atoms with van der Waals surface area (Å²) in [7, 11) is 3.62. The molecule has 1 heterocycles. The Balaban J connectivity index is 0.00000363. The van der Waals surface area contributed by atoms with Gasteiger partial charge in [0, 0.05) is 33.1 Å². The molecule has 0 atom stereocenters. The van der Waals surface area contributed by atoms with Crippen LogP contribution in [-0.2, 0) is 26.1 Å². The van der Waals surface area contributed by atoms with E-state index in [0.29, 0.717) is 19.6 Å². The monoisotopic (exact) mass is 552 g/mol. The van der Waals surface area contributed by atoms with Gasteiger partial charge in [0.05, 0.1) is 13.7 Å². The lowest BCUT2D eigenvalue weighted by atomic mass is 10.2. The lowest BCUT2D eigenvalue weighted by molar-refractivity contribution is 0.414. The van der Waals surface area contributed by atoms with Gasteiger partial charge in [0.1, 0.15) is 23.7 Å². The first-order chi connectivity index (χ1) is 15.1. The molecule has 7 nitrogen and oxygen atoms in total. The van der Waals surface area contributed by atoms with E-state index in [1.807, 2.05) is 40.8 Å². The lowest BCUT2D eigenvalue weighted by Crippen LogP contribution is -2.40. The predicted molar refractivity (Wildman–Crippen MR) is 135 cm³/mol. The highest BCUT2D eigenvalue weighted by atomic mass is 127. The number of halogens is 2. The number of nitrogens with zero attached hydrogens (tertiary/aromatic N) is 5. The highest BCUT2D eigenvalue weighted by Crippen LogP contribution is 2.12. The van der Waals surface area contributed by atoms with Crippen LogP contribution in [0.15, 0.2) is 59.9 Å². The van der Waals surface area contributed by atoms with Gasteiger partial charge >= 0.3 is 0 Å². The fourth-order valence-electron chi connectivity index (χ4n) is 3.17. The molecule has 1 N–H and O–H groups in total. The molecule has 0 radical (unpaired) electrons. The van der Waals surface area contributed by atoms with E-state index in [2.05, 4.69) is 22.4 Å². The summed E-state index contributed by atoms with van der Waals surface area (Å²) in [4.78, 5) is 6.83. The van der Waals surface area contributed by atoms with Gasteiger partial charge in [-0.1, -0.05) is 31.2 Å². The van der Waals surface area contributed by atoms with Crippen molar-refractivity contribution in [2.75, 3.05) is 20.7 Å². The number of methoxy groups -OCH3 is 1. The van der Waals surface area contributed by atoms with Gasteiger partial charge in [-0.25, -0.2) is 9.38 Å². The second-order valence-electron chi connectivity index (χ2n) is 7.19. The van der Waals surface area contributed by atoms with Crippen molar-refractivity contribution in [3.05, 3.63) is 77.6 Å². The van der Waals surface area contributed by atoms with Gasteiger partial charge in [-0.05, 0) is 35.4 Å². The van der Waals surface area contributed by atoms with Crippen molar-refractivity contribution in [2.24, 2.45) is 4.99 Å². The van der Waals surface area contributed by atoms with E-state index < -0.39 is 0 Å². The molecule has 0 unspecified atom stereocenters. The first-order valence-corrected chi connectivity index (χ1v) is 10.3. The van der Waals surface area contributed by atoms with Gasteiger partial charge in [0.15, 0.2) is 5.96 Å². The molecule has 2 aromatic carbocycles. The Bertz CT molecular complexity index is 975. The Morgan fingerprint density at radius 3 is 2.47 bits per heavy atom. The summed E-state index contributed by atoms with van der Waals surface area (Å²) in [6, 6.07) is 14.4. The molecular weight excluding hydrogens is 522 g/mol. The van der Waals surface area contributed by atoms with Crippen LogP contribution in [-0.4, -0.2) is 46.3 Å². The van der Waals surface area contributed by atoms with Crippen molar-refractivity contribution in [1.82, 2.24) is 25.0 Å². The molecule has 0 saturated carbocycles. The summed E-state index contributed by atoms with van der Waals surface area (Å²) < 4.78 is 20.5. The van der Waals surface area contributed by atoms with Gasteiger partial charge < -0.3 is 19.5 Å². The van der Waals surface area contributed by atoms with Crippen LogP contribution in [0.1, 0.15) is 23.9 Å². The number of hydrogen-bond donors (Lipinski definition) is 1. The zero-order chi connectivity index (χ0) is 22.1. The first-order valence-electron chi connectivity index (χ1n) is 10.3. The minimum atomic E-state index is -0.237. The van der Waals surface area contributed by atoms with Crippen LogP contribution < -0.4 is 10.1 Å². The third-order valence-electron chi connectivity index (χ3n) is 4.91. The zero-order valence-electron chi connectivity index (χ0n) is 18.7. The second kappa shape index (κ2) is 13.0. The van der Waals surface area contributed by atoms with E-state index >= 15 is 0 Å². The largest absolute Gasteiger partial charge is 0.497 e. The van der Waals surface area contributed by atoms with E-state index in [0.717, 1.165) is 41.6 Å². The molecule has 0 amide bonds. The molecule has 1 aromatic heterocycles. The first kappa shape index (κ1) is 25.6. The number of guanidine groups is 1. The lowest BCUT2D eigenvalue weighted by Gasteiger charge is -2.23. The maximum atomic E-state index is 13.2. The second-order valence-corrected chi connectivity index (χ2v) is 7.19. The maximum Gasteiger partial charge on any atom is 0.194 e. The minimum Gasteiger partial charge on any atom is -0.497 e. The summed E-state index contributed by atoms with van der Waals surface area (Å²) in [5.41, 5.74) is 2.09. The molecule has 0 spiro atoms. The fraction of sp³-hybridized carbons (Fsp3) is 0.348. The number of aryl methyl sites for hydroxylation is 1. The number of rotatable bonds is 9. The molecule has 172 valence electrons. The Morgan fingerprint density at radius 2 is 1.81 bits per heavy atom. The Morgan fingerprint density at radius 1 is 1.12 bits per heavy atom. The number of ether oxygens (including phenoxy) is 1. The van der Waals surface area contributed by atoms with E-state index in [9.17, 15) is 4.39 Å². The number of benzene rings is 2. The minimum absolute atomic E-state index is 0. The molecule has 32 heavy (non-hydrogen) atoms. The molecular formula is C23H30FIN6O. The van der Waals surface area contributed by atoms with Gasteiger partial charge in [-0.2, -0.15) is 0 Å². The molecule has 0 aliphatic rings. The van der Waals surface area contributed by atoms with Crippen molar-refractivity contribution >= 4 is 29.9 Å². The SMILES string of the molecule is CCc1nncn1CCNC(=NCc1ccc(OC)cc1)N(C)Cc1ccc(F)cc1.I. The van der Waals surface area contributed by atoms with Crippen molar-refractivity contribution in [2.45, 2.75) is 33.0 Å². The van der Waals surface area contributed by atoms with Crippen LogP contribution in [0.2, 0.25) is 0 Å². The summed E-state index contributed by atoms with van der Waals surface area (Å²) in [6.45, 7) is 4.63. The number of aliphatic imine (C=N–C) groups is 1. The summed E-state index contributed by atoms with van der Waals surface area (Å²) in [5, 5.41) is 11.5. The topological polar surface area (TPSA) is 67.6 Å². The third kappa shape index (κ3) is 7.47. The fourth-order valence-corrected chi connectivity index (χ4v) is 3.17. The van der Waals surface area contributed by atoms with Crippen molar-refractivity contribution in [3.63, 3.8) is 0 Å². The summed E-state index contributed by atoms with van der Waals surface area (Å²) in [5.74, 6) is 2.31. The van der Waals surface area contributed by atoms with Crippen molar-refractivity contribution in [3.8, 4) is 5.75 Å². The Labute approximate surface area is 205 Å². The normalized spacial score (nSPS) is 11.1. The highest BCUT2D eigenvalue weighted by Gasteiger charge is 2.09. The predicted octanol–water partition coefficient (Wildman–Crippen LogP) is 3.88. The molecule has 3 aromatic rings. The quantitative estimate of drug-likeness (QED) is 0.248. The number of hydrogen-bond acceptors (Lipinski definition) is 4. The Kier molecular flexibility index (Phi) is 10.4. The smallest absolute Gasteiger partial charge is 0.194 e. The van der Waals surface area contributed by atoms with Gasteiger partial charge in [-0.15, -0.1) is 34.2 Å². The van der Waals surface area contributed by atoms with Gasteiger partial charge in [-0.3, -0.25) is 0 Å². The summed E-state index contributed by atoms with van der Waals surface area (Å²) >= 11 is 0. The van der Waals surface area contributed by atoms with E-state index in [-0.39, 0.29) is 29.8 Å². The van der Waals surface area contributed by atoms with E-state index in [4.69, 9.17) is 9.73 Å². The highest BCUT2D eigenvalue weighted by molar-refractivity contribution is 14.0. The molecule has 0 aliphatic carbocycles. The molecule has 3 rings (SSSR count). The van der Waals surface area contributed by atoms with E-state index in [1.54, 1.807) is 25.6 Å². The third-order valence-corrected chi connectivity index (χ3v) is 4.91. The standard InChI is InChI=1S/C23H29FN6O.HI/c1-4-22-28-27-17-30(22)14-13-25-23(26-15-18-7-11-21(31-3)12-8-18)29(2)16-19-5-9-20(24)10-6-19;/h5-12,17H,4,13-16H2,1-3H3,(H,25,26);1H. The van der Waals surface area contributed by atoms with Crippen LogP contribution in [0.3, 0.4) is 0 Å². The van der Waals surface area contributed by atoms with Crippen molar-refractivity contribution in [1.29, 1.82) is 0 Å². The molecule has 0 bridgehead atoms. The van der Waals surface area contributed by atoms with Gasteiger partial charge in [0.25, 0.3) is 0 Å². The van der Waals surface area contributed by atoms with Crippen LogP contribution in [0.25, 0.3) is 0 Å².